The second-order valence-corrected chi connectivity index (χ2v) is 4.12. The third-order valence-electron chi connectivity index (χ3n) is 2.29. The topological polar surface area (TPSA) is 70.0 Å². The van der Waals surface area contributed by atoms with E-state index in [1.807, 2.05) is 13.8 Å². The van der Waals surface area contributed by atoms with E-state index in [4.69, 9.17) is 5.73 Å². The predicted molar refractivity (Wildman–Crippen MR) is 59.8 cm³/mol. The van der Waals surface area contributed by atoms with E-state index in [0.29, 0.717) is 12.5 Å². The van der Waals surface area contributed by atoms with Gasteiger partial charge in [-0.15, -0.1) is 0 Å². The van der Waals surface area contributed by atoms with Crippen LogP contribution in [0, 0.1) is 5.92 Å². The number of nitrogens with two attached hydrogens (primary N) is 1. The molecule has 0 saturated heterocycles. The molecule has 5 heteroatoms. The van der Waals surface area contributed by atoms with Crippen LogP contribution in [0.1, 0.15) is 20.3 Å². The van der Waals surface area contributed by atoms with E-state index in [9.17, 15) is 9.59 Å². The largest absolute Gasteiger partial charge is 0.393 e. The van der Waals surface area contributed by atoms with Gasteiger partial charge in [-0.1, -0.05) is 13.8 Å². The second-order valence-electron chi connectivity index (χ2n) is 4.12. The van der Waals surface area contributed by atoms with Crippen LogP contribution in [0.15, 0.2) is 15.8 Å². The molecule has 0 fully saturated rings. The van der Waals surface area contributed by atoms with Gasteiger partial charge >= 0.3 is 5.69 Å². The summed E-state index contributed by atoms with van der Waals surface area (Å²) in [5.41, 5.74) is 4.92. The van der Waals surface area contributed by atoms with Gasteiger partial charge in [0.05, 0.1) is 0 Å². The highest BCUT2D eigenvalue weighted by molar-refractivity contribution is 5.30. The van der Waals surface area contributed by atoms with Crippen molar-refractivity contribution in [3.05, 3.63) is 27.0 Å². The maximum Gasteiger partial charge on any atom is 0.330 e. The van der Waals surface area contributed by atoms with Gasteiger partial charge in [0.2, 0.25) is 0 Å². The molecular weight excluding hydrogens is 194 g/mol. The van der Waals surface area contributed by atoms with E-state index >= 15 is 0 Å². The fourth-order valence-electron chi connectivity index (χ4n) is 1.34. The van der Waals surface area contributed by atoms with Gasteiger partial charge in [0.1, 0.15) is 5.69 Å². The van der Waals surface area contributed by atoms with Gasteiger partial charge in [-0.25, -0.2) is 4.79 Å². The minimum absolute atomic E-state index is 0.112. The molecule has 0 spiro atoms. The smallest absolute Gasteiger partial charge is 0.330 e. The molecular formula is C10H17N3O2. The SMILES string of the molecule is CC(C)CCn1c(=O)c(N)cn(C)c1=O. The fourth-order valence-corrected chi connectivity index (χ4v) is 1.34. The lowest BCUT2D eigenvalue weighted by molar-refractivity contribution is 0.485. The van der Waals surface area contributed by atoms with E-state index in [0.717, 1.165) is 6.42 Å². The van der Waals surface area contributed by atoms with Crippen molar-refractivity contribution < 1.29 is 0 Å². The van der Waals surface area contributed by atoms with E-state index in [2.05, 4.69) is 0 Å². The number of hydrogen-bond acceptors (Lipinski definition) is 3. The van der Waals surface area contributed by atoms with Crippen LogP contribution in [0.5, 0.6) is 0 Å². The molecule has 1 aromatic rings. The third kappa shape index (κ3) is 2.49. The van der Waals surface area contributed by atoms with Crippen molar-refractivity contribution in [3.63, 3.8) is 0 Å². The Hall–Kier alpha value is -1.52. The van der Waals surface area contributed by atoms with Crippen LogP contribution in [-0.4, -0.2) is 9.13 Å². The van der Waals surface area contributed by atoms with Crippen LogP contribution in [-0.2, 0) is 13.6 Å². The summed E-state index contributed by atoms with van der Waals surface area (Å²) in [4.78, 5) is 23.2. The van der Waals surface area contributed by atoms with Crippen LogP contribution in [0.25, 0.3) is 0 Å². The van der Waals surface area contributed by atoms with Crippen LogP contribution in [0.3, 0.4) is 0 Å². The summed E-state index contributed by atoms with van der Waals surface area (Å²) in [6.45, 7) is 4.51. The zero-order valence-electron chi connectivity index (χ0n) is 9.36. The van der Waals surface area contributed by atoms with Gasteiger partial charge in [-0.3, -0.25) is 9.36 Å². The lowest BCUT2D eigenvalue weighted by Crippen LogP contribution is -2.39. The normalized spacial score (nSPS) is 10.9. The van der Waals surface area contributed by atoms with Crippen LogP contribution >= 0.6 is 0 Å². The van der Waals surface area contributed by atoms with E-state index in [1.165, 1.54) is 15.3 Å². The molecule has 5 nitrogen and oxygen atoms in total. The standard InChI is InChI=1S/C10H17N3O2/c1-7(2)4-5-13-9(14)8(11)6-12(3)10(13)15/h6-7H,4-5,11H2,1-3H3. The molecule has 0 aliphatic carbocycles. The van der Waals surface area contributed by atoms with Crippen LogP contribution in [0.4, 0.5) is 5.69 Å². The summed E-state index contributed by atoms with van der Waals surface area (Å²) in [7, 11) is 1.59. The second kappa shape index (κ2) is 4.33. The lowest BCUT2D eigenvalue weighted by Gasteiger charge is -2.09. The number of aromatic nitrogens is 2. The Morgan fingerprint density at radius 2 is 2.00 bits per heavy atom. The molecule has 1 aromatic heterocycles. The van der Waals surface area contributed by atoms with E-state index in [1.54, 1.807) is 7.05 Å². The highest BCUT2D eigenvalue weighted by Crippen LogP contribution is 1.99. The summed E-state index contributed by atoms with van der Waals surface area (Å²) in [6.07, 6.45) is 2.15. The molecule has 1 heterocycles. The molecule has 0 unspecified atom stereocenters. The van der Waals surface area contributed by atoms with Crippen molar-refractivity contribution >= 4 is 5.69 Å². The zero-order chi connectivity index (χ0) is 11.6. The van der Waals surface area contributed by atoms with Gasteiger partial charge in [-0.05, 0) is 12.3 Å². The monoisotopic (exact) mass is 211 g/mol. The fraction of sp³-hybridized carbons (Fsp3) is 0.600. The molecule has 0 aliphatic rings. The first kappa shape index (κ1) is 11.6. The van der Waals surface area contributed by atoms with Crippen LogP contribution in [0.2, 0.25) is 0 Å². The molecule has 2 N–H and O–H groups in total. The van der Waals surface area contributed by atoms with Crippen LogP contribution < -0.4 is 17.0 Å². The summed E-state index contributed by atoms with van der Waals surface area (Å²) in [5, 5.41) is 0. The molecule has 0 atom stereocenters. The summed E-state index contributed by atoms with van der Waals surface area (Å²) in [5.74, 6) is 0.447. The first-order valence-electron chi connectivity index (χ1n) is 4.99. The molecule has 84 valence electrons. The van der Waals surface area contributed by atoms with Crippen molar-refractivity contribution in [3.8, 4) is 0 Å². The van der Waals surface area contributed by atoms with E-state index < -0.39 is 5.56 Å². The van der Waals surface area contributed by atoms with Gasteiger partial charge < -0.3 is 10.3 Å². The maximum atomic E-state index is 11.6. The summed E-state index contributed by atoms with van der Waals surface area (Å²) in [6, 6.07) is 0. The Labute approximate surface area is 88.1 Å². The number of rotatable bonds is 3. The maximum absolute atomic E-state index is 11.6. The molecule has 1 rings (SSSR count). The average molecular weight is 211 g/mol. The Morgan fingerprint density at radius 3 is 2.53 bits per heavy atom. The quantitative estimate of drug-likeness (QED) is 0.775. The van der Waals surface area contributed by atoms with Crippen molar-refractivity contribution in [1.82, 2.24) is 9.13 Å². The Balaban J connectivity index is 3.16. The van der Waals surface area contributed by atoms with Crippen molar-refractivity contribution in [2.75, 3.05) is 5.73 Å². The van der Waals surface area contributed by atoms with Gasteiger partial charge in [0.25, 0.3) is 5.56 Å². The summed E-state index contributed by atoms with van der Waals surface area (Å²) < 4.78 is 2.52. The van der Waals surface area contributed by atoms with Gasteiger partial charge in [0.15, 0.2) is 0 Å². The Bertz CT molecular complexity index is 422. The van der Waals surface area contributed by atoms with Gasteiger partial charge in [0, 0.05) is 19.8 Å². The number of nitrogen functional groups attached to an aromatic ring is 1. The van der Waals surface area contributed by atoms with E-state index in [-0.39, 0.29) is 11.4 Å². The van der Waals surface area contributed by atoms with Crippen molar-refractivity contribution in [1.29, 1.82) is 0 Å². The van der Waals surface area contributed by atoms with Crippen molar-refractivity contribution in [2.24, 2.45) is 13.0 Å². The first-order valence-corrected chi connectivity index (χ1v) is 4.99. The summed E-state index contributed by atoms with van der Waals surface area (Å²) >= 11 is 0. The number of anilines is 1. The Kier molecular flexibility index (Phi) is 3.34. The van der Waals surface area contributed by atoms with Crippen molar-refractivity contribution in [2.45, 2.75) is 26.8 Å². The average Bonchev–Trinajstić information content (AvgIpc) is 2.14. The molecule has 0 radical (unpaired) electrons. The lowest BCUT2D eigenvalue weighted by atomic mass is 10.1. The number of aryl methyl sites for hydroxylation is 1. The predicted octanol–water partition coefficient (Wildman–Crippen LogP) is 0.175. The minimum Gasteiger partial charge on any atom is -0.393 e. The number of hydrogen-bond donors (Lipinski definition) is 1. The first-order chi connectivity index (χ1) is 6.93. The Morgan fingerprint density at radius 1 is 1.40 bits per heavy atom. The zero-order valence-corrected chi connectivity index (χ0v) is 9.36. The number of nitrogens with zero attached hydrogens (tertiary/aromatic N) is 2. The molecule has 0 saturated carbocycles. The third-order valence-corrected chi connectivity index (χ3v) is 2.29. The minimum atomic E-state index is -0.390. The highest BCUT2D eigenvalue weighted by Gasteiger charge is 2.07. The molecule has 0 aromatic carbocycles. The van der Waals surface area contributed by atoms with Gasteiger partial charge in [-0.2, -0.15) is 0 Å². The molecule has 0 amide bonds. The molecule has 0 aliphatic heterocycles. The molecule has 15 heavy (non-hydrogen) atoms. The molecule has 0 bridgehead atoms. The highest BCUT2D eigenvalue weighted by atomic mass is 16.2.